The van der Waals surface area contributed by atoms with Gasteiger partial charge in [0.05, 0.1) is 7.11 Å². The zero-order valence-corrected chi connectivity index (χ0v) is 10.7. The Labute approximate surface area is 106 Å². The van der Waals surface area contributed by atoms with Crippen molar-refractivity contribution in [3.63, 3.8) is 0 Å². The summed E-state index contributed by atoms with van der Waals surface area (Å²) in [5.41, 5.74) is 6.49. The van der Waals surface area contributed by atoms with Crippen LogP contribution < -0.4 is 15.2 Å². The van der Waals surface area contributed by atoms with Gasteiger partial charge in [0.2, 0.25) is 0 Å². The van der Waals surface area contributed by atoms with Crippen LogP contribution in [0.5, 0.6) is 11.5 Å². The van der Waals surface area contributed by atoms with E-state index in [0.717, 1.165) is 28.6 Å². The lowest BCUT2D eigenvalue weighted by Gasteiger charge is -2.27. The van der Waals surface area contributed by atoms with Crippen LogP contribution in [-0.2, 0) is 0 Å². The molecule has 1 aliphatic rings. The summed E-state index contributed by atoms with van der Waals surface area (Å²) in [4.78, 5) is 0. The van der Waals surface area contributed by atoms with Crippen molar-refractivity contribution >= 4 is 17.8 Å². The summed E-state index contributed by atoms with van der Waals surface area (Å²) < 4.78 is 11.3. The maximum absolute atomic E-state index is 5.96. The van der Waals surface area contributed by atoms with Gasteiger partial charge in [0.15, 0.2) is 11.5 Å². The second-order valence-electron chi connectivity index (χ2n) is 3.79. The van der Waals surface area contributed by atoms with Gasteiger partial charge in [-0.15, -0.1) is 0 Å². The highest BCUT2D eigenvalue weighted by Crippen LogP contribution is 2.35. The lowest BCUT2D eigenvalue weighted by Crippen LogP contribution is -2.31. The molecule has 0 unspecified atom stereocenters. The molecule has 0 aromatic heterocycles. The van der Waals surface area contributed by atoms with E-state index < -0.39 is 0 Å². The van der Waals surface area contributed by atoms with E-state index in [9.17, 15) is 0 Å². The van der Waals surface area contributed by atoms with E-state index in [1.165, 1.54) is 0 Å². The summed E-state index contributed by atoms with van der Waals surface area (Å²) in [6, 6.07) is 5.88. The standard InChI is InChI=1S/C13H17NO2S/c1-15-12-6-2-4-10(5-3-7-14)13(12)16-11-8-17-9-11/h2-6,11H,7-9,14H2,1H3/b5-3+. The first-order chi connectivity index (χ1) is 8.35. The number of nitrogens with two attached hydrogens (primary N) is 1. The van der Waals surface area contributed by atoms with Gasteiger partial charge in [0, 0.05) is 23.6 Å². The van der Waals surface area contributed by atoms with Crippen molar-refractivity contribution in [1.29, 1.82) is 0 Å². The summed E-state index contributed by atoms with van der Waals surface area (Å²) in [6.07, 6.45) is 4.20. The number of para-hydroxylation sites is 1. The van der Waals surface area contributed by atoms with Crippen LogP contribution in [-0.4, -0.2) is 31.3 Å². The molecule has 4 heteroatoms. The topological polar surface area (TPSA) is 44.5 Å². The monoisotopic (exact) mass is 251 g/mol. The average molecular weight is 251 g/mol. The van der Waals surface area contributed by atoms with Crippen LogP contribution in [0.25, 0.3) is 6.08 Å². The minimum atomic E-state index is 0.307. The van der Waals surface area contributed by atoms with Crippen molar-refractivity contribution in [3.05, 3.63) is 29.8 Å². The second-order valence-corrected chi connectivity index (χ2v) is 4.87. The summed E-state index contributed by atoms with van der Waals surface area (Å²) in [7, 11) is 1.66. The Morgan fingerprint density at radius 1 is 1.47 bits per heavy atom. The molecule has 0 atom stereocenters. The van der Waals surface area contributed by atoms with Crippen LogP contribution >= 0.6 is 11.8 Å². The molecule has 0 saturated carbocycles. The zero-order chi connectivity index (χ0) is 12.1. The molecule has 0 bridgehead atoms. The normalized spacial score (nSPS) is 15.9. The molecule has 17 heavy (non-hydrogen) atoms. The van der Waals surface area contributed by atoms with Crippen molar-refractivity contribution < 1.29 is 9.47 Å². The van der Waals surface area contributed by atoms with Crippen LogP contribution in [0, 0.1) is 0 Å². The van der Waals surface area contributed by atoms with Gasteiger partial charge in [-0.1, -0.05) is 24.3 Å². The van der Waals surface area contributed by atoms with Gasteiger partial charge in [-0.25, -0.2) is 0 Å². The molecule has 2 N–H and O–H groups in total. The molecular weight excluding hydrogens is 234 g/mol. The van der Waals surface area contributed by atoms with Crippen LogP contribution in [0.3, 0.4) is 0 Å². The Morgan fingerprint density at radius 2 is 2.29 bits per heavy atom. The summed E-state index contributed by atoms with van der Waals surface area (Å²) in [6.45, 7) is 0.524. The number of methoxy groups -OCH3 is 1. The highest BCUT2D eigenvalue weighted by Gasteiger charge is 2.22. The largest absolute Gasteiger partial charge is 0.493 e. The predicted octanol–water partition coefficient (Wildman–Crippen LogP) is 2.16. The van der Waals surface area contributed by atoms with E-state index in [1.54, 1.807) is 7.11 Å². The van der Waals surface area contributed by atoms with Crippen LogP contribution in [0.15, 0.2) is 24.3 Å². The smallest absolute Gasteiger partial charge is 0.168 e. The lowest BCUT2D eigenvalue weighted by molar-refractivity contribution is 0.228. The Kier molecular flexibility index (Phi) is 4.34. The van der Waals surface area contributed by atoms with E-state index in [4.69, 9.17) is 15.2 Å². The number of thioether (sulfide) groups is 1. The zero-order valence-electron chi connectivity index (χ0n) is 9.89. The molecule has 1 heterocycles. The number of benzene rings is 1. The van der Waals surface area contributed by atoms with Gasteiger partial charge in [-0.05, 0) is 6.07 Å². The summed E-state index contributed by atoms with van der Waals surface area (Å²) >= 11 is 1.90. The van der Waals surface area contributed by atoms with Crippen molar-refractivity contribution in [3.8, 4) is 11.5 Å². The minimum Gasteiger partial charge on any atom is -0.493 e. The van der Waals surface area contributed by atoms with E-state index >= 15 is 0 Å². The Bertz CT molecular complexity index is 402. The van der Waals surface area contributed by atoms with Crippen LogP contribution in [0.2, 0.25) is 0 Å². The van der Waals surface area contributed by atoms with E-state index in [0.29, 0.717) is 12.6 Å². The Balaban J connectivity index is 2.25. The maximum atomic E-state index is 5.96. The molecule has 92 valence electrons. The molecule has 1 aromatic rings. The van der Waals surface area contributed by atoms with E-state index in [1.807, 2.05) is 42.1 Å². The van der Waals surface area contributed by atoms with E-state index in [-0.39, 0.29) is 0 Å². The molecule has 3 nitrogen and oxygen atoms in total. The molecule has 1 fully saturated rings. The molecule has 2 rings (SSSR count). The maximum Gasteiger partial charge on any atom is 0.168 e. The van der Waals surface area contributed by atoms with Gasteiger partial charge < -0.3 is 15.2 Å². The first kappa shape index (κ1) is 12.3. The highest BCUT2D eigenvalue weighted by atomic mass is 32.2. The summed E-state index contributed by atoms with van der Waals surface area (Å²) in [5.74, 6) is 3.71. The molecular formula is C13H17NO2S. The fourth-order valence-corrected chi connectivity index (χ4v) is 2.16. The third-order valence-electron chi connectivity index (χ3n) is 2.55. The quantitative estimate of drug-likeness (QED) is 0.871. The van der Waals surface area contributed by atoms with Gasteiger partial charge in [-0.3, -0.25) is 0 Å². The molecule has 1 aromatic carbocycles. The van der Waals surface area contributed by atoms with Crippen molar-refractivity contribution in [1.82, 2.24) is 0 Å². The lowest BCUT2D eigenvalue weighted by atomic mass is 10.1. The highest BCUT2D eigenvalue weighted by molar-refractivity contribution is 8.00. The fraction of sp³-hybridized carbons (Fsp3) is 0.385. The average Bonchev–Trinajstić information content (AvgIpc) is 2.31. The minimum absolute atomic E-state index is 0.307. The van der Waals surface area contributed by atoms with Gasteiger partial charge in [0.1, 0.15) is 6.10 Å². The third kappa shape index (κ3) is 2.96. The number of rotatable bonds is 5. The molecule has 1 aliphatic heterocycles. The Morgan fingerprint density at radius 3 is 2.88 bits per heavy atom. The predicted molar refractivity (Wildman–Crippen MR) is 72.8 cm³/mol. The fourth-order valence-electron chi connectivity index (χ4n) is 1.59. The van der Waals surface area contributed by atoms with Crippen LogP contribution in [0.1, 0.15) is 5.56 Å². The van der Waals surface area contributed by atoms with Crippen molar-refractivity contribution in [2.75, 3.05) is 25.2 Å². The Hall–Kier alpha value is -1.13. The van der Waals surface area contributed by atoms with E-state index in [2.05, 4.69) is 0 Å². The molecule has 1 saturated heterocycles. The number of hydrogen-bond donors (Lipinski definition) is 1. The van der Waals surface area contributed by atoms with Crippen molar-refractivity contribution in [2.24, 2.45) is 5.73 Å². The molecule has 0 spiro atoms. The SMILES string of the molecule is COc1cccc(/C=C/CN)c1OC1CSC1. The second kappa shape index (κ2) is 5.98. The first-order valence-electron chi connectivity index (χ1n) is 5.63. The number of hydrogen-bond acceptors (Lipinski definition) is 4. The molecule has 0 aliphatic carbocycles. The first-order valence-corrected chi connectivity index (χ1v) is 6.78. The number of ether oxygens (including phenoxy) is 2. The molecule has 0 radical (unpaired) electrons. The van der Waals surface area contributed by atoms with Gasteiger partial charge in [0.25, 0.3) is 0 Å². The molecule has 0 amide bonds. The van der Waals surface area contributed by atoms with Crippen LogP contribution in [0.4, 0.5) is 0 Å². The van der Waals surface area contributed by atoms with Gasteiger partial charge >= 0.3 is 0 Å². The van der Waals surface area contributed by atoms with Gasteiger partial charge in [-0.2, -0.15) is 11.8 Å². The third-order valence-corrected chi connectivity index (χ3v) is 3.77. The summed E-state index contributed by atoms with van der Waals surface area (Å²) in [5, 5.41) is 0. The van der Waals surface area contributed by atoms with Crippen molar-refractivity contribution in [2.45, 2.75) is 6.10 Å².